The van der Waals surface area contributed by atoms with Crippen molar-refractivity contribution in [3.8, 4) is 0 Å². The molecule has 0 spiro atoms. The Bertz CT molecular complexity index is 975. The van der Waals surface area contributed by atoms with E-state index in [1.54, 1.807) is 13.0 Å². The van der Waals surface area contributed by atoms with Gasteiger partial charge in [-0.05, 0) is 42.8 Å². The summed E-state index contributed by atoms with van der Waals surface area (Å²) in [6, 6.07) is 8.21. The van der Waals surface area contributed by atoms with Gasteiger partial charge in [-0.3, -0.25) is 4.79 Å². The molecule has 3 rings (SSSR count). The minimum Gasteiger partial charge on any atom is -0.379 e. The molecule has 0 aliphatic carbocycles. The molecule has 0 unspecified atom stereocenters. The summed E-state index contributed by atoms with van der Waals surface area (Å²) in [4.78, 5) is 12.6. The molecule has 2 aromatic rings. The molecule has 6 nitrogen and oxygen atoms in total. The van der Waals surface area contributed by atoms with Gasteiger partial charge in [-0.1, -0.05) is 17.7 Å². The average molecular weight is 413 g/mol. The van der Waals surface area contributed by atoms with Gasteiger partial charge in [0.1, 0.15) is 5.82 Å². The van der Waals surface area contributed by atoms with Crippen molar-refractivity contribution in [2.45, 2.75) is 11.8 Å². The molecule has 1 heterocycles. The van der Waals surface area contributed by atoms with Crippen molar-refractivity contribution >= 4 is 33.2 Å². The third-order valence-corrected chi connectivity index (χ3v) is 6.37. The van der Waals surface area contributed by atoms with Crippen LogP contribution in [0.1, 0.15) is 15.9 Å². The second kappa shape index (κ2) is 7.93. The molecule has 1 aliphatic heterocycles. The smallest absolute Gasteiger partial charge is 0.256 e. The lowest BCUT2D eigenvalue weighted by Crippen LogP contribution is -2.40. The minimum atomic E-state index is -3.74. The van der Waals surface area contributed by atoms with E-state index in [9.17, 15) is 17.6 Å². The zero-order chi connectivity index (χ0) is 19.6. The number of hydrogen-bond donors (Lipinski definition) is 1. The number of amides is 1. The maximum Gasteiger partial charge on any atom is 0.256 e. The molecule has 0 aromatic heterocycles. The molecule has 1 fully saturated rings. The first kappa shape index (κ1) is 19.8. The summed E-state index contributed by atoms with van der Waals surface area (Å²) in [5.41, 5.74) is 0.687. The lowest BCUT2D eigenvalue weighted by atomic mass is 10.1. The Labute approximate surface area is 161 Å². The Morgan fingerprint density at radius 2 is 1.89 bits per heavy atom. The number of morpholine rings is 1. The Morgan fingerprint density at radius 3 is 2.56 bits per heavy atom. The highest BCUT2D eigenvalue weighted by Crippen LogP contribution is 2.23. The van der Waals surface area contributed by atoms with E-state index in [1.807, 2.05) is 0 Å². The van der Waals surface area contributed by atoms with Gasteiger partial charge in [-0.25, -0.2) is 12.8 Å². The van der Waals surface area contributed by atoms with Gasteiger partial charge in [-0.15, -0.1) is 0 Å². The van der Waals surface area contributed by atoms with Crippen molar-refractivity contribution in [1.82, 2.24) is 4.31 Å². The van der Waals surface area contributed by atoms with Crippen LogP contribution in [0.25, 0.3) is 0 Å². The van der Waals surface area contributed by atoms with Gasteiger partial charge in [0.05, 0.1) is 23.8 Å². The van der Waals surface area contributed by atoms with Crippen LogP contribution in [0.2, 0.25) is 5.02 Å². The molecule has 0 bridgehead atoms. The number of benzene rings is 2. The van der Waals surface area contributed by atoms with Crippen molar-refractivity contribution in [2.75, 3.05) is 31.6 Å². The largest absolute Gasteiger partial charge is 0.379 e. The van der Waals surface area contributed by atoms with Crippen molar-refractivity contribution < 1.29 is 22.3 Å². The van der Waals surface area contributed by atoms with Crippen molar-refractivity contribution in [3.63, 3.8) is 0 Å². The highest BCUT2D eigenvalue weighted by molar-refractivity contribution is 7.89. The van der Waals surface area contributed by atoms with Crippen LogP contribution in [0.15, 0.2) is 41.3 Å². The second-order valence-electron chi connectivity index (χ2n) is 6.07. The minimum absolute atomic E-state index is 0.0109. The maximum atomic E-state index is 13.9. The third-order valence-electron chi connectivity index (χ3n) is 4.24. The summed E-state index contributed by atoms with van der Waals surface area (Å²) in [7, 11) is -3.74. The molecular formula is C18H18ClFN2O4S. The van der Waals surface area contributed by atoms with Gasteiger partial charge in [-0.2, -0.15) is 4.31 Å². The summed E-state index contributed by atoms with van der Waals surface area (Å²) in [5.74, 6) is -1.28. The summed E-state index contributed by atoms with van der Waals surface area (Å²) >= 11 is 5.71. The predicted molar refractivity (Wildman–Crippen MR) is 100 cm³/mol. The summed E-state index contributed by atoms with van der Waals surface area (Å²) < 4.78 is 46.0. The van der Waals surface area contributed by atoms with E-state index in [4.69, 9.17) is 16.3 Å². The molecule has 0 atom stereocenters. The first-order valence-electron chi connectivity index (χ1n) is 8.24. The van der Waals surface area contributed by atoms with Crippen LogP contribution in [0, 0.1) is 12.7 Å². The van der Waals surface area contributed by atoms with Crippen LogP contribution in [0.4, 0.5) is 10.1 Å². The fraction of sp³-hybridized carbons (Fsp3) is 0.278. The number of anilines is 1. The van der Waals surface area contributed by atoms with Crippen LogP contribution in [-0.4, -0.2) is 44.9 Å². The van der Waals surface area contributed by atoms with E-state index in [2.05, 4.69) is 5.32 Å². The van der Waals surface area contributed by atoms with Gasteiger partial charge in [0.15, 0.2) is 0 Å². The van der Waals surface area contributed by atoms with E-state index in [-0.39, 0.29) is 34.3 Å². The molecule has 0 saturated carbocycles. The topological polar surface area (TPSA) is 75.7 Å². The van der Waals surface area contributed by atoms with E-state index in [0.717, 1.165) is 6.07 Å². The number of nitrogens with zero attached hydrogens (tertiary/aromatic N) is 1. The van der Waals surface area contributed by atoms with Crippen LogP contribution >= 0.6 is 11.6 Å². The zero-order valence-electron chi connectivity index (χ0n) is 14.5. The molecule has 27 heavy (non-hydrogen) atoms. The van der Waals surface area contributed by atoms with E-state index >= 15 is 0 Å². The number of nitrogens with one attached hydrogen (secondary N) is 1. The van der Waals surface area contributed by atoms with E-state index in [1.165, 1.54) is 28.6 Å². The van der Waals surface area contributed by atoms with Crippen LogP contribution in [0.3, 0.4) is 0 Å². The predicted octanol–water partition coefficient (Wildman–Crippen LogP) is 3.06. The quantitative estimate of drug-likeness (QED) is 0.837. The molecule has 144 valence electrons. The van der Waals surface area contributed by atoms with Crippen molar-refractivity contribution in [1.29, 1.82) is 0 Å². The van der Waals surface area contributed by atoms with Gasteiger partial charge < -0.3 is 10.1 Å². The van der Waals surface area contributed by atoms with Gasteiger partial charge in [0, 0.05) is 23.7 Å². The Hall–Kier alpha value is -2.00. The molecule has 0 radical (unpaired) electrons. The summed E-state index contributed by atoms with van der Waals surface area (Å²) in [6.07, 6.45) is 0. The number of sulfonamides is 1. The van der Waals surface area contributed by atoms with Crippen LogP contribution < -0.4 is 5.32 Å². The number of carbonyl (C=O) groups excluding carboxylic acids is 1. The highest BCUT2D eigenvalue weighted by Gasteiger charge is 2.27. The van der Waals surface area contributed by atoms with Crippen LogP contribution in [-0.2, 0) is 14.8 Å². The fourth-order valence-corrected chi connectivity index (χ4v) is 4.32. The normalized spacial score (nSPS) is 15.5. The Kier molecular flexibility index (Phi) is 5.81. The SMILES string of the molecule is Cc1ccc(S(=O)(=O)N2CCOCC2)cc1C(=O)Nc1ccc(Cl)cc1F. The number of ether oxygens (including phenoxy) is 1. The number of halogens is 2. The first-order chi connectivity index (χ1) is 12.8. The summed E-state index contributed by atoms with van der Waals surface area (Å²) in [6.45, 7) is 2.85. The Balaban J connectivity index is 1.89. The molecule has 1 N–H and O–H groups in total. The van der Waals surface area contributed by atoms with E-state index in [0.29, 0.717) is 18.8 Å². The van der Waals surface area contributed by atoms with Gasteiger partial charge in [0.25, 0.3) is 5.91 Å². The first-order valence-corrected chi connectivity index (χ1v) is 10.1. The van der Waals surface area contributed by atoms with Crippen LogP contribution in [0.5, 0.6) is 0 Å². The maximum absolute atomic E-state index is 13.9. The number of aryl methyl sites for hydroxylation is 1. The number of rotatable bonds is 4. The third kappa shape index (κ3) is 4.30. The average Bonchev–Trinajstić information content (AvgIpc) is 2.65. The molecule has 2 aromatic carbocycles. The lowest BCUT2D eigenvalue weighted by molar-refractivity contribution is 0.0730. The standard InChI is InChI=1S/C18H18ClFN2O4S/c1-12-2-4-14(27(24,25)22-6-8-26-9-7-22)11-15(12)18(23)21-17-5-3-13(19)10-16(17)20/h2-5,10-11H,6-9H2,1H3,(H,21,23). The highest BCUT2D eigenvalue weighted by atomic mass is 35.5. The monoisotopic (exact) mass is 412 g/mol. The van der Waals surface area contributed by atoms with Gasteiger partial charge in [0.2, 0.25) is 10.0 Å². The molecular weight excluding hydrogens is 395 g/mol. The molecule has 1 aliphatic rings. The Morgan fingerprint density at radius 1 is 1.19 bits per heavy atom. The lowest BCUT2D eigenvalue weighted by Gasteiger charge is -2.26. The number of hydrogen-bond acceptors (Lipinski definition) is 4. The van der Waals surface area contributed by atoms with E-state index < -0.39 is 21.7 Å². The summed E-state index contributed by atoms with van der Waals surface area (Å²) in [5, 5.41) is 2.66. The molecule has 9 heteroatoms. The van der Waals surface area contributed by atoms with Crippen molar-refractivity contribution in [2.24, 2.45) is 0 Å². The second-order valence-corrected chi connectivity index (χ2v) is 8.45. The molecule has 1 saturated heterocycles. The zero-order valence-corrected chi connectivity index (χ0v) is 16.1. The number of carbonyl (C=O) groups is 1. The molecule has 1 amide bonds. The fourth-order valence-electron chi connectivity index (χ4n) is 2.72. The van der Waals surface area contributed by atoms with Gasteiger partial charge >= 0.3 is 0 Å². The van der Waals surface area contributed by atoms with Crippen molar-refractivity contribution in [3.05, 3.63) is 58.4 Å².